The number of carbonyl (C=O) groups is 2. The molecule has 1 saturated heterocycles. The first-order valence-corrected chi connectivity index (χ1v) is 10.7. The van der Waals surface area contributed by atoms with E-state index in [9.17, 15) is 9.59 Å². The van der Waals surface area contributed by atoms with Crippen LogP contribution in [0.4, 0.5) is 0 Å². The molecule has 0 spiro atoms. The van der Waals surface area contributed by atoms with Crippen LogP contribution in [0, 0.1) is 0 Å². The minimum Gasteiger partial charge on any atom is -0.356 e. The SMILES string of the molecule is CN=C(NCCCCN1C(=O)c2ccccc2C1=O)NC1CCN(C(C)C)CC1. The zero-order valence-corrected chi connectivity index (χ0v) is 17.8. The zero-order chi connectivity index (χ0) is 20.8. The second kappa shape index (κ2) is 9.87. The van der Waals surface area contributed by atoms with Gasteiger partial charge in [-0.15, -0.1) is 0 Å². The Morgan fingerprint density at radius 3 is 2.28 bits per heavy atom. The lowest BCUT2D eigenvalue weighted by Gasteiger charge is -2.35. The number of likely N-dealkylation sites (tertiary alicyclic amines) is 1. The fourth-order valence-corrected chi connectivity index (χ4v) is 3.99. The van der Waals surface area contributed by atoms with E-state index in [1.165, 1.54) is 4.90 Å². The van der Waals surface area contributed by atoms with Crippen molar-refractivity contribution in [1.29, 1.82) is 0 Å². The molecule has 2 heterocycles. The Balaban J connectivity index is 1.35. The molecule has 2 aliphatic rings. The Kier molecular flexibility index (Phi) is 7.25. The number of hydrogen-bond acceptors (Lipinski definition) is 4. The Morgan fingerprint density at radius 2 is 1.72 bits per heavy atom. The Morgan fingerprint density at radius 1 is 1.10 bits per heavy atom. The molecule has 0 aliphatic carbocycles. The highest BCUT2D eigenvalue weighted by Gasteiger charge is 2.34. The first-order valence-electron chi connectivity index (χ1n) is 10.7. The van der Waals surface area contributed by atoms with Crippen molar-refractivity contribution in [2.24, 2.45) is 4.99 Å². The number of amides is 2. The van der Waals surface area contributed by atoms with Crippen LogP contribution in [-0.2, 0) is 0 Å². The molecule has 3 rings (SSSR count). The van der Waals surface area contributed by atoms with E-state index in [-0.39, 0.29) is 11.8 Å². The molecule has 0 atom stereocenters. The smallest absolute Gasteiger partial charge is 0.261 e. The number of rotatable bonds is 7. The predicted molar refractivity (Wildman–Crippen MR) is 115 cm³/mol. The number of piperidine rings is 1. The predicted octanol–water partition coefficient (Wildman–Crippen LogP) is 2.10. The Labute approximate surface area is 173 Å². The number of imide groups is 1. The summed E-state index contributed by atoms with van der Waals surface area (Å²) < 4.78 is 0. The van der Waals surface area contributed by atoms with E-state index in [4.69, 9.17) is 0 Å². The number of unbranched alkanes of at least 4 members (excludes halogenated alkanes) is 1. The third-order valence-corrected chi connectivity index (χ3v) is 5.80. The highest BCUT2D eigenvalue weighted by molar-refractivity contribution is 6.21. The summed E-state index contributed by atoms with van der Waals surface area (Å²) >= 11 is 0. The molecule has 2 N–H and O–H groups in total. The lowest BCUT2D eigenvalue weighted by atomic mass is 10.0. The van der Waals surface area contributed by atoms with Gasteiger partial charge in [-0.25, -0.2) is 0 Å². The highest BCUT2D eigenvalue weighted by Crippen LogP contribution is 2.22. The molecule has 0 radical (unpaired) electrons. The molecule has 2 aliphatic heterocycles. The van der Waals surface area contributed by atoms with Crippen LogP contribution in [0.3, 0.4) is 0 Å². The average molecular weight is 400 g/mol. The van der Waals surface area contributed by atoms with E-state index < -0.39 is 0 Å². The molecule has 1 fully saturated rings. The van der Waals surface area contributed by atoms with Gasteiger partial charge in [-0.1, -0.05) is 12.1 Å². The van der Waals surface area contributed by atoms with Gasteiger partial charge in [0.05, 0.1) is 11.1 Å². The van der Waals surface area contributed by atoms with Crippen LogP contribution in [-0.4, -0.2) is 72.9 Å². The average Bonchev–Trinajstić information content (AvgIpc) is 2.98. The number of benzene rings is 1. The van der Waals surface area contributed by atoms with Gasteiger partial charge in [0.15, 0.2) is 5.96 Å². The number of hydrogen-bond donors (Lipinski definition) is 2. The van der Waals surface area contributed by atoms with Crippen molar-refractivity contribution < 1.29 is 9.59 Å². The van der Waals surface area contributed by atoms with Gasteiger partial charge in [-0.05, 0) is 51.7 Å². The van der Waals surface area contributed by atoms with Crippen molar-refractivity contribution in [1.82, 2.24) is 20.4 Å². The van der Waals surface area contributed by atoms with E-state index in [2.05, 4.69) is 34.4 Å². The monoisotopic (exact) mass is 399 g/mol. The topological polar surface area (TPSA) is 77.0 Å². The Hall–Kier alpha value is -2.41. The highest BCUT2D eigenvalue weighted by atomic mass is 16.2. The molecule has 0 aromatic heterocycles. The second-order valence-corrected chi connectivity index (χ2v) is 8.06. The number of fused-ring (bicyclic) bond motifs is 1. The summed E-state index contributed by atoms with van der Waals surface area (Å²) in [6.07, 6.45) is 3.87. The fourth-order valence-electron chi connectivity index (χ4n) is 3.99. The molecule has 7 heteroatoms. The number of aliphatic imine (C=N–C) groups is 1. The number of guanidine groups is 1. The molecule has 7 nitrogen and oxygen atoms in total. The summed E-state index contributed by atoms with van der Waals surface area (Å²) in [5, 5.41) is 6.87. The molecule has 158 valence electrons. The van der Waals surface area contributed by atoms with E-state index >= 15 is 0 Å². The molecular weight excluding hydrogens is 366 g/mol. The van der Waals surface area contributed by atoms with Crippen molar-refractivity contribution in [3.63, 3.8) is 0 Å². The van der Waals surface area contributed by atoms with E-state index in [1.54, 1.807) is 31.3 Å². The molecule has 1 aromatic carbocycles. The first kappa shape index (κ1) is 21.3. The van der Waals surface area contributed by atoms with E-state index in [1.807, 2.05) is 0 Å². The number of nitrogens with one attached hydrogen (secondary N) is 2. The molecular formula is C22H33N5O2. The van der Waals surface area contributed by atoms with Gasteiger partial charge in [0, 0.05) is 45.3 Å². The number of nitrogens with zero attached hydrogens (tertiary/aromatic N) is 3. The van der Waals surface area contributed by atoms with Crippen molar-refractivity contribution in [3.8, 4) is 0 Å². The van der Waals surface area contributed by atoms with Crippen LogP contribution < -0.4 is 10.6 Å². The molecule has 2 amide bonds. The summed E-state index contributed by atoms with van der Waals surface area (Å²) in [6.45, 7) is 7.94. The first-order chi connectivity index (χ1) is 14.0. The van der Waals surface area contributed by atoms with Crippen LogP contribution in [0.15, 0.2) is 29.3 Å². The van der Waals surface area contributed by atoms with Crippen LogP contribution in [0.25, 0.3) is 0 Å². The van der Waals surface area contributed by atoms with Crippen LogP contribution in [0.5, 0.6) is 0 Å². The zero-order valence-electron chi connectivity index (χ0n) is 17.8. The summed E-state index contributed by atoms with van der Waals surface area (Å²) in [6, 6.07) is 8.09. The van der Waals surface area contributed by atoms with Gasteiger partial charge >= 0.3 is 0 Å². The van der Waals surface area contributed by atoms with Crippen molar-refractivity contribution >= 4 is 17.8 Å². The maximum atomic E-state index is 12.4. The molecule has 0 saturated carbocycles. The third kappa shape index (κ3) is 5.15. The largest absolute Gasteiger partial charge is 0.356 e. The molecule has 1 aromatic rings. The van der Waals surface area contributed by atoms with Gasteiger partial charge in [0.25, 0.3) is 11.8 Å². The lowest BCUT2D eigenvalue weighted by molar-refractivity contribution is 0.0652. The van der Waals surface area contributed by atoms with Gasteiger partial charge in [-0.3, -0.25) is 19.5 Å². The van der Waals surface area contributed by atoms with E-state index in [0.717, 1.165) is 51.3 Å². The van der Waals surface area contributed by atoms with Crippen LogP contribution >= 0.6 is 0 Å². The van der Waals surface area contributed by atoms with E-state index in [0.29, 0.717) is 29.8 Å². The number of carbonyl (C=O) groups excluding carboxylic acids is 2. The maximum absolute atomic E-state index is 12.4. The summed E-state index contributed by atoms with van der Waals surface area (Å²) in [4.78, 5) is 32.9. The molecule has 29 heavy (non-hydrogen) atoms. The molecule has 0 bridgehead atoms. The van der Waals surface area contributed by atoms with Crippen LogP contribution in [0.1, 0.15) is 60.2 Å². The standard InChI is InChI=1S/C22H33N5O2/c1-16(2)26-14-10-17(11-15-26)25-22(23-3)24-12-6-7-13-27-20(28)18-8-4-5-9-19(18)21(27)29/h4-5,8-9,16-17H,6-7,10-15H2,1-3H3,(H2,23,24,25). The second-order valence-electron chi connectivity index (χ2n) is 8.06. The summed E-state index contributed by atoms with van der Waals surface area (Å²) in [7, 11) is 1.79. The normalized spacial score (nSPS) is 18.5. The van der Waals surface area contributed by atoms with Crippen molar-refractivity contribution in [2.45, 2.75) is 51.6 Å². The van der Waals surface area contributed by atoms with Crippen molar-refractivity contribution in [3.05, 3.63) is 35.4 Å². The lowest BCUT2D eigenvalue weighted by Crippen LogP contribution is -2.50. The van der Waals surface area contributed by atoms with Gasteiger partial charge in [0.1, 0.15) is 0 Å². The fraction of sp³-hybridized carbons (Fsp3) is 0.591. The summed E-state index contributed by atoms with van der Waals surface area (Å²) in [5.41, 5.74) is 1.03. The molecule has 0 unspecified atom stereocenters. The quantitative estimate of drug-likeness (QED) is 0.318. The Bertz CT molecular complexity index is 718. The maximum Gasteiger partial charge on any atom is 0.261 e. The van der Waals surface area contributed by atoms with Gasteiger partial charge < -0.3 is 15.5 Å². The third-order valence-electron chi connectivity index (χ3n) is 5.80. The minimum atomic E-state index is -0.177. The summed E-state index contributed by atoms with van der Waals surface area (Å²) in [5.74, 6) is 0.473. The van der Waals surface area contributed by atoms with Crippen LogP contribution in [0.2, 0.25) is 0 Å². The minimum absolute atomic E-state index is 0.177. The van der Waals surface area contributed by atoms with Gasteiger partial charge in [0.2, 0.25) is 0 Å². The van der Waals surface area contributed by atoms with Gasteiger partial charge in [-0.2, -0.15) is 0 Å². The van der Waals surface area contributed by atoms with Crippen molar-refractivity contribution in [2.75, 3.05) is 33.2 Å².